The lowest BCUT2D eigenvalue weighted by Crippen LogP contribution is -2.50. The average molecular weight is 510 g/mol. The minimum absolute atomic E-state index is 0. The SMILES string of the molecule is CC(C)CCC[C@@H](C)[C@H]1CC[C@H]2[C@@H]3CC=C4C[C@@H](O)CC[C@]4(C)[C@H]3CC[C@]12C.CNCC(=O)O.P. The third-order valence-corrected chi connectivity index (χ3v) is 10.6. The van der Waals surface area contributed by atoms with Crippen molar-refractivity contribution in [3.8, 4) is 0 Å². The first-order valence-electron chi connectivity index (χ1n) is 14.3. The molecule has 4 nitrogen and oxygen atoms in total. The Hall–Kier alpha value is -0.440. The molecule has 0 aromatic rings. The summed E-state index contributed by atoms with van der Waals surface area (Å²) in [7, 11) is 1.59. The van der Waals surface area contributed by atoms with Crippen LogP contribution in [-0.4, -0.2) is 35.9 Å². The lowest BCUT2D eigenvalue weighted by atomic mass is 9.47. The molecule has 9 atom stereocenters. The van der Waals surface area contributed by atoms with Crippen LogP contribution in [0.2, 0.25) is 0 Å². The van der Waals surface area contributed by atoms with E-state index in [9.17, 15) is 9.90 Å². The molecule has 0 aromatic carbocycles. The van der Waals surface area contributed by atoms with Crippen LogP contribution >= 0.6 is 9.90 Å². The number of carbonyl (C=O) groups is 1. The summed E-state index contributed by atoms with van der Waals surface area (Å²) < 4.78 is 0. The van der Waals surface area contributed by atoms with Gasteiger partial charge in [-0.05, 0) is 105 Å². The molecule has 0 bridgehead atoms. The zero-order valence-corrected chi connectivity index (χ0v) is 25.0. The first kappa shape index (κ1) is 30.8. The number of fused-ring (bicyclic) bond motifs is 5. The molecule has 0 radical (unpaired) electrons. The van der Waals surface area contributed by atoms with Crippen molar-refractivity contribution in [2.75, 3.05) is 13.6 Å². The fourth-order valence-electron chi connectivity index (χ4n) is 8.82. The predicted molar refractivity (Wildman–Crippen MR) is 152 cm³/mol. The smallest absolute Gasteiger partial charge is 0.317 e. The highest BCUT2D eigenvalue weighted by Gasteiger charge is 2.59. The van der Waals surface area contributed by atoms with Crippen LogP contribution in [0, 0.1) is 46.3 Å². The molecule has 0 spiro atoms. The summed E-state index contributed by atoms with van der Waals surface area (Å²) in [6.45, 7) is 12.6. The molecule has 0 aliphatic heterocycles. The van der Waals surface area contributed by atoms with Gasteiger partial charge < -0.3 is 15.5 Å². The number of likely N-dealkylation sites (N-methyl/N-ethyl adjacent to an activating group) is 1. The van der Waals surface area contributed by atoms with Gasteiger partial charge in [0.05, 0.1) is 12.6 Å². The minimum atomic E-state index is -0.822. The molecular weight excluding hydrogens is 453 g/mol. The molecule has 3 N–H and O–H groups in total. The first-order chi connectivity index (χ1) is 16.0. The van der Waals surface area contributed by atoms with Gasteiger partial charge in [-0.3, -0.25) is 4.79 Å². The van der Waals surface area contributed by atoms with Gasteiger partial charge in [0.1, 0.15) is 0 Å². The summed E-state index contributed by atoms with van der Waals surface area (Å²) in [5.41, 5.74) is 2.60. The molecule has 5 heteroatoms. The molecule has 3 fully saturated rings. The highest BCUT2D eigenvalue weighted by molar-refractivity contribution is 6.92. The molecule has 4 aliphatic rings. The van der Waals surface area contributed by atoms with E-state index in [-0.39, 0.29) is 22.5 Å². The monoisotopic (exact) mass is 509 g/mol. The molecule has 0 heterocycles. The van der Waals surface area contributed by atoms with Crippen LogP contribution in [0.25, 0.3) is 0 Å². The van der Waals surface area contributed by atoms with Gasteiger partial charge in [-0.2, -0.15) is 9.90 Å². The highest BCUT2D eigenvalue weighted by atomic mass is 31.0. The summed E-state index contributed by atoms with van der Waals surface area (Å²) in [6, 6.07) is 0. The molecule has 0 aromatic heterocycles. The Bertz CT molecular complexity index is 724. The van der Waals surface area contributed by atoms with Gasteiger partial charge in [-0.25, -0.2) is 0 Å². The van der Waals surface area contributed by atoms with Gasteiger partial charge in [-0.1, -0.05) is 65.5 Å². The van der Waals surface area contributed by atoms with Crippen molar-refractivity contribution in [2.45, 2.75) is 111 Å². The van der Waals surface area contributed by atoms with Gasteiger partial charge in [-0.15, -0.1) is 0 Å². The number of aliphatic hydroxyl groups is 1. The van der Waals surface area contributed by atoms with E-state index in [0.717, 1.165) is 48.3 Å². The molecule has 35 heavy (non-hydrogen) atoms. The maximum Gasteiger partial charge on any atom is 0.317 e. The first-order valence-corrected chi connectivity index (χ1v) is 14.3. The van der Waals surface area contributed by atoms with Crippen molar-refractivity contribution in [2.24, 2.45) is 46.3 Å². The van der Waals surface area contributed by atoms with Crippen molar-refractivity contribution in [1.29, 1.82) is 0 Å². The second-order valence-electron chi connectivity index (χ2n) is 13.1. The predicted octanol–water partition coefficient (Wildman–Crippen LogP) is 6.74. The Kier molecular flexibility index (Phi) is 11.3. The molecule has 204 valence electrons. The van der Waals surface area contributed by atoms with Crippen LogP contribution < -0.4 is 5.32 Å². The average Bonchev–Trinajstić information content (AvgIpc) is 3.11. The van der Waals surface area contributed by atoms with E-state index in [0.29, 0.717) is 10.8 Å². The minimum Gasteiger partial charge on any atom is -0.480 e. The van der Waals surface area contributed by atoms with Crippen LogP contribution in [-0.2, 0) is 4.79 Å². The summed E-state index contributed by atoms with van der Waals surface area (Å²) in [6.07, 6.45) is 17.2. The number of carboxylic acid groups (broad SMARTS) is 1. The van der Waals surface area contributed by atoms with Gasteiger partial charge in [0, 0.05) is 0 Å². The van der Waals surface area contributed by atoms with Gasteiger partial charge in [0.25, 0.3) is 0 Å². The second kappa shape index (κ2) is 12.9. The fourth-order valence-corrected chi connectivity index (χ4v) is 8.82. The maximum atomic E-state index is 10.2. The number of nitrogens with one attached hydrogen (secondary N) is 1. The van der Waals surface area contributed by atoms with E-state index < -0.39 is 5.97 Å². The molecule has 4 aliphatic carbocycles. The summed E-state index contributed by atoms with van der Waals surface area (Å²) in [4.78, 5) is 9.54. The number of carboxylic acids is 1. The zero-order chi connectivity index (χ0) is 25.1. The van der Waals surface area contributed by atoms with Gasteiger partial charge in [0.2, 0.25) is 0 Å². The van der Waals surface area contributed by atoms with E-state index in [1.807, 2.05) is 0 Å². The molecule has 0 saturated heterocycles. The number of rotatable bonds is 7. The van der Waals surface area contributed by atoms with Crippen molar-refractivity contribution in [1.82, 2.24) is 5.32 Å². The Labute approximate surface area is 219 Å². The topological polar surface area (TPSA) is 69.6 Å². The van der Waals surface area contributed by atoms with Crippen molar-refractivity contribution in [3.63, 3.8) is 0 Å². The molecular formula is C30H56NO3P. The van der Waals surface area contributed by atoms with Crippen molar-refractivity contribution >= 4 is 15.9 Å². The van der Waals surface area contributed by atoms with E-state index in [1.54, 1.807) is 12.6 Å². The largest absolute Gasteiger partial charge is 0.480 e. The Balaban J connectivity index is 0.000000552. The lowest BCUT2D eigenvalue weighted by molar-refractivity contribution is -0.135. The molecule has 3 saturated carbocycles. The van der Waals surface area contributed by atoms with E-state index in [1.165, 1.54) is 57.8 Å². The van der Waals surface area contributed by atoms with Crippen LogP contribution in [0.4, 0.5) is 0 Å². The van der Waals surface area contributed by atoms with E-state index in [2.05, 4.69) is 46.0 Å². The third kappa shape index (κ3) is 6.71. The van der Waals surface area contributed by atoms with E-state index >= 15 is 0 Å². The third-order valence-electron chi connectivity index (χ3n) is 10.6. The number of hydrogen-bond acceptors (Lipinski definition) is 3. The van der Waals surface area contributed by atoms with Crippen LogP contribution in [0.5, 0.6) is 0 Å². The second-order valence-corrected chi connectivity index (χ2v) is 13.1. The quantitative estimate of drug-likeness (QED) is 0.263. The highest BCUT2D eigenvalue weighted by Crippen LogP contribution is 2.67. The summed E-state index contributed by atoms with van der Waals surface area (Å²) in [5.74, 6) is 4.64. The van der Waals surface area contributed by atoms with Crippen LogP contribution in [0.1, 0.15) is 105 Å². The van der Waals surface area contributed by atoms with E-state index in [4.69, 9.17) is 5.11 Å². The Morgan fingerprint density at radius 2 is 1.80 bits per heavy atom. The van der Waals surface area contributed by atoms with Crippen molar-refractivity contribution in [3.05, 3.63) is 11.6 Å². The number of aliphatic hydroxyl groups excluding tert-OH is 1. The van der Waals surface area contributed by atoms with Gasteiger partial charge >= 0.3 is 5.97 Å². The summed E-state index contributed by atoms with van der Waals surface area (Å²) in [5, 5.41) is 20.5. The number of allylic oxidation sites excluding steroid dienone is 1. The van der Waals surface area contributed by atoms with Crippen molar-refractivity contribution < 1.29 is 15.0 Å². The van der Waals surface area contributed by atoms with Crippen LogP contribution in [0.15, 0.2) is 11.6 Å². The fraction of sp³-hybridized carbons (Fsp3) is 0.900. The Morgan fingerprint density at radius 1 is 1.09 bits per heavy atom. The Morgan fingerprint density at radius 3 is 2.40 bits per heavy atom. The number of hydrogen-bond donors (Lipinski definition) is 3. The normalized spacial score (nSPS) is 38.6. The zero-order valence-electron chi connectivity index (χ0n) is 23.6. The lowest BCUT2D eigenvalue weighted by Gasteiger charge is -2.58. The molecule has 1 unspecified atom stereocenters. The maximum absolute atomic E-state index is 10.2. The summed E-state index contributed by atoms with van der Waals surface area (Å²) >= 11 is 0. The standard InChI is InChI=1S/C27H46O.C3H7NO2.H3P/c1-18(2)7-6-8-19(3)23-11-12-24-22-10-9-20-17-21(28)13-15-26(20,4)25(22)14-16-27(23,24)5;1-4-2-3(5)6;/h9,18-19,21-25,28H,6-8,10-17H2,1-5H3;4H,2H2,1H3,(H,5,6);1H3/t19-,21+,22+,23-,24+,25+,26+,27-;;/m1../s1. The molecule has 0 amide bonds. The molecule has 4 rings (SSSR count). The van der Waals surface area contributed by atoms with Crippen LogP contribution in [0.3, 0.4) is 0 Å². The number of aliphatic carboxylic acids is 1. The van der Waals surface area contributed by atoms with Gasteiger partial charge in [0.15, 0.2) is 0 Å².